The first kappa shape index (κ1) is 24.8. The number of likely N-dealkylation sites (tertiary alicyclic amines) is 1. The van der Waals surface area contributed by atoms with E-state index in [0.29, 0.717) is 11.1 Å². The van der Waals surface area contributed by atoms with Gasteiger partial charge in [0.25, 0.3) is 0 Å². The van der Waals surface area contributed by atoms with E-state index in [1.165, 1.54) is 6.07 Å². The Morgan fingerprint density at radius 1 is 0.917 bits per heavy atom. The molecule has 9 heteroatoms. The van der Waals surface area contributed by atoms with Crippen LogP contribution in [0.15, 0.2) is 72.8 Å². The van der Waals surface area contributed by atoms with E-state index in [9.17, 15) is 19.5 Å². The van der Waals surface area contributed by atoms with Crippen molar-refractivity contribution in [1.82, 2.24) is 10.2 Å². The van der Waals surface area contributed by atoms with Crippen LogP contribution in [0.1, 0.15) is 22.7 Å². The minimum atomic E-state index is -1.76. The molecule has 5 rings (SSSR count). The Morgan fingerprint density at radius 2 is 1.53 bits per heavy atom. The highest BCUT2D eigenvalue weighted by Gasteiger charge is 2.68. The van der Waals surface area contributed by atoms with Crippen LogP contribution in [0, 0.1) is 11.8 Å². The van der Waals surface area contributed by atoms with Crippen LogP contribution in [0.2, 0.25) is 15.1 Å². The number of fused-ring (bicyclic) bond motifs is 1. The van der Waals surface area contributed by atoms with Gasteiger partial charge in [-0.1, -0.05) is 95.5 Å². The molecule has 0 saturated carbocycles. The lowest BCUT2D eigenvalue weighted by Crippen LogP contribution is -2.57. The first-order chi connectivity index (χ1) is 17.2. The van der Waals surface area contributed by atoms with Crippen LogP contribution in [-0.4, -0.2) is 33.3 Å². The van der Waals surface area contributed by atoms with Crippen LogP contribution < -0.4 is 5.32 Å². The summed E-state index contributed by atoms with van der Waals surface area (Å²) in [4.78, 5) is 41.7. The molecular formula is C27H21Cl3N2O4. The molecule has 2 amide bonds. The van der Waals surface area contributed by atoms with Gasteiger partial charge in [-0.2, -0.15) is 0 Å². The Bertz CT molecular complexity index is 1350. The largest absolute Gasteiger partial charge is 0.480 e. The number of amides is 2. The van der Waals surface area contributed by atoms with Gasteiger partial charge in [0.15, 0.2) is 0 Å². The summed E-state index contributed by atoms with van der Waals surface area (Å²) in [6.45, 7) is 0.0449. The standard InChI is InChI=1S/C27H21Cl3N2O4/c28-17-11-18(22(30)19(29)12-17)23-20-21(25(34)32(24(20)33)14-16-9-5-2-6-10-16)27(31-23,26(35)36)13-15-7-3-1-4-8-15/h1-12,20-21,23,31H,13-14H2,(H,35,36). The fourth-order valence-electron chi connectivity index (χ4n) is 5.41. The van der Waals surface area contributed by atoms with Gasteiger partial charge in [-0.05, 0) is 28.8 Å². The molecule has 2 N–H and O–H groups in total. The first-order valence-electron chi connectivity index (χ1n) is 11.3. The summed E-state index contributed by atoms with van der Waals surface area (Å²) in [5, 5.41) is 14.3. The lowest BCUT2D eigenvalue weighted by molar-refractivity contribution is -0.151. The number of hydrogen-bond donors (Lipinski definition) is 2. The molecule has 36 heavy (non-hydrogen) atoms. The number of rotatable bonds is 6. The molecule has 2 heterocycles. The number of carbonyl (C=O) groups excluding carboxylic acids is 2. The summed E-state index contributed by atoms with van der Waals surface area (Å²) in [6.07, 6.45) is -0.00897. The Morgan fingerprint density at radius 3 is 2.14 bits per heavy atom. The van der Waals surface area contributed by atoms with Crippen molar-refractivity contribution < 1.29 is 19.5 Å². The lowest BCUT2D eigenvalue weighted by atomic mass is 9.76. The number of nitrogens with one attached hydrogen (secondary N) is 1. The Labute approximate surface area is 222 Å². The van der Waals surface area contributed by atoms with Crippen molar-refractivity contribution in [3.63, 3.8) is 0 Å². The normalized spacial score (nSPS) is 25.3. The second-order valence-electron chi connectivity index (χ2n) is 9.10. The number of aliphatic carboxylic acids is 1. The fraction of sp³-hybridized carbons (Fsp3) is 0.222. The molecule has 0 spiro atoms. The average molecular weight is 544 g/mol. The zero-order valence-corrected chi connectivity index (χ0v) is 21.1. The average Bonchev–Trinajstić information content (AvgIpc) is 3.32. The van der Waals surface area contributed by atoms with E-state index in [-0.39, 0.29) is 28.0 Å². The van der Waals surface area contributed by atoms with Gasteiger partial charge in [-0.3, -0.25) is 24.6 Å². The summed E-state index contributed by atoms with van der Waals surface area (Å²) >= 11 is 19.1. The second kappa shape index (κ2) is 9.52. The quantitative estimate of drug-likeness (QED) is 0.331. The van der Waals surface area contributed by atoms with Gasteiger partial charge in [0.2, 0.25) is 11.8 Å². The molecule has 3 aromatic rings. The van der Waals surface area contributed by atoms with Crippen LogP contribution >= 0.6 is 34.8 Å². The summed E-state index contributed by atoms with van der Waals surface area (Å²) in [6, 6.07) is 20.2. The molecule has 2 aliphatic heterocycles. The van der Waals surface area contributed by atoms with E-state index in [1.807, 2.05) is 36.4 Å². The monoisotopic (exact) mass is 542 g/mol. The van der Waals surface area contributed by atoms with Gasteiger partial charge in [-0.25, -0.2) is 0 Å². The van der Waals surface area contributed by atoms with Crippen molar-refractivity contribution in [2.45, 2.75) is 24.5 Å². The summed E-state index contributed by atoms with van der Waals surface area (Å²) < 4.78 is 0. The van der Waals surface area contributed by atoms with Crippen LogP contribution in [0.25, 0.3) is 0 Å². The van der Waals surface area contributed by atoms with E-state index in [4.69, 9.17) is 34.8 Å². The Kier molecular flexibility index (Phi) is 6.55. The van der Waals surface area contributed by atoms with Gasteiger partial charge < -0.3 is 5.11 Å². The van der Waals surface area contributed by atoms with E-state index < -0.39 is 41.2 Å². The van der Waals surface area contributed by atoms with Gasteiger partial charge in [0, 0.05) is 17.5 Å². The molecule has 6 nitrogen and oxygen atoms in total. The third-order valence-electron chi connectivity index (χ3n) is 6.99. The van der Waals surface area contributed by atoms with Gasteiger partial charge in [0.05, 0.1) is 28.4 Å². The molecule has 4 unspecified atom stereocenters. The minimum Gasteiger partial charge on any atom is -0.480 e. The van der Waals surface area contributed by atoms with Gasteiger partial charge in [-0.15, -0.1) is 0 Å². The maximum absolute atomic E-state index is 13.8. The maximum atomic E-state index is 13.8. The maximum Gasteiger partial charge on any atom is 0.325 e. The van der Waals surface area contributed by atoms with Crippen molar-refractivity contribution >= 4 is 52.6 Å². The number of benzene rings is 3. The van der Waals surface area contributed by atoms with E-state index in [0.717, 1.165) is 10.5 Å². The topological polar surface area (TPSA) is 86.7 Å². The van der Waals surface area contributed by atoms with Gasteiger partial charge >= 0.3 is 5.97 Å². The lowest BCUT2D eigenvalue weighted by Gasteiger charge is -2.31. The second-order valence-corrected chi connectivity index (χ2v) is 10.3. The molecule has 2 fully saturated rings. The third-order valence-corrected chi connectivity index (χ3v) is 8.03. The number of carboxylic acid groups (broad SMARTS) is 1. The van der Waals surface area contributed by atoms with Crippen LogP contribution in [-0.2, 0) is 27.3 Å². The minimum absolute atomic E-state index is 0.00897. The molecule has 3 aromatic carbocycles. The molecule has 0 bridgehead atoms. The van der Waals surface area contributed by atoms with Gasteiger partial charge in [0.1, 0.15) is 5.54 Å². The van der Waals surface area contributed by atoms with Crippen molar-refractivity contribution in [2.24, 2.45) is 11.8 Å². The highest BCUT2D eigenvalue weighted by atomic mass is 35.5. The van der Waals surface area contributed by atoms with Crippen LogP contribution in [0.4, 0.5) is 0 Å². The van der Waals surface area contributed by atoms with E-state index in [1.54, 1.807) is 30.3 Å². The molecule has 0 aliphatic carbocycles. The number of carbonyl (C=O) groups is 3. The predicted molar refractivity (Wildman–Crippen MR) is 137 cm³/mol. The molecule has 184 valence electrons. The molecular weight excluding hydrogens is 523 g/mol. The number of halogens is 3. The molecule has 0 radical (unpaired) electrons. The number of imide groups is 1. The smallest absolute Gasteiger partial charge is 0.325 e. The van der Waals surface area contributed by atoms with Crippen molar-refractivity contribution in [3.8, 4) is 0 Å². The zero-order valence-electron chi connectivity index (χ0n) is 18.8. The first-order valence-corrected chi connectivity index (χ1v) is 12.4. The van der Waals surface area contributed by atoms with Crippen LogP contribution in [0.3, 0.4) is 0 Å². The third kappa shape index (κ3) is 4.08. The summed E-state index contributed by atoms with van der Waals surface area (Å²) in [7, 11) is 0. The molecule has 4 atom stereocenters. The Balaban J connectivity index is 1.65. The van der Waals surface area contributed by atoms with Crippen molar-refractivity contribution in [1.29, 1.82) is 0 Å². The SMILES string of the molecule is O=C1C2C(c3cc(Cl)cc(Cl)c3Cl)NC(Cc3ccccc3)(C(=O)O)C2C(=O)N1Cc1ccccc1. The highest BCUT2D eigenvalue weighted by molar-refractivity contribution is 6.43. The fourth-order valence-corrected chi connectivity index (χ4v) is 6.14. The van der Waals surface area contributed by atoms with E-state index in [2.05, 4.69) is 5.32 Å². The number of carboxylic acids is 1. The van der Waals surface area contributed by atoms with Crippen molar-refractivity contribution in [2.75, 3.05) is 0 Å². The van der Waals surface area contributed by atoms with Crippen molar-refractivity contribution in [3.05, 3.63) is 105 Å². The zero-order chi connectivity index (χ0) is 25.6. The Hall–Kier alpha value is -2.90. The van der Waals surface area contributed by atoms with Crippen LogP contribution in [0.5, 0.6) is 0 Å². The number of hydrogen-bond acceptors (Lipinski definition) is 4. The summed E-state index contributed by atoms with van der Waals surface area (Å²) in [5.74, 6) is -4.39. The summed E-state index contributed by atoms with van der Waals surface area (Å²) in [5.41, 5.74) is 0.0934. The molecule has 2 saturated heterocycles. The van der Waals surface area contributed by atoms with E-state index >= 15 is 0 Å². The molecule has 0 aromatic heterocycles. The number of nitrogens with zero attached hydrogens (tertiary/aromatic N) is 1. The highest BCUT2D eigenvalue weighted by Crippen LogP contribution is 2.52. The predicted octanol–water partition coefficient (Wildman–Crippen LogP) is 5.16. The molecule has 2 aliphatic rings.